The average molecular weight is 617 g/mol. The Hall–Kier alpha value is -6.66. The molecule has 0 amide bonds. The molecule has 224 valence electrons. The molecular weight excluding hydrogens is 592 g/mol. The van der Waals surface area contributed by atoms with Gasteiger partial charge in [-0.2, -0.15) is 0 Å². The summed E-state index contributed by atoms with van der Waals surface area (Å²) in [7, 11) is 0. The highest BCUT2D eigenvalue weighted by Gasteiger charge is 2.21. The molecule has 10 rings (SSSR count). The first-order chi connectivity index (χ1) is 23.8. The van der Waals surface area contributed by atoms with E-state index < -0.39 is 0 Å². The molecule has 0 unspecified atom stereocenters. The van der Waals surface area contributed by atoms with Crippen molar-refractivity contribution < 1.29 is 8.83 Å². The number of oxazole rings is 1. The summed E-state index contributed by atoms with van der Waals surface area (Å²) in [5.74, 6) is 2.26. The van der Waals surface area contributed by atoms with E-state index in [0.717, 1.165) is 71.3 Å². The second-order valence-corrected chi connectivity index (χ2v) is 11.8. The van der Waals surface area contributed by atoms with Crippen LogP contribution in [0.1, 0.15) is 0 Å². The summed E-state index contributed by atoms with van der Waals surface area (Å²) in [6, 6.07) is 48.9. The summed E-state index contributed by atoms with van der Waals surface area (Å²) in [6.45, 7) is 0. The number of hydrogen-bond donors (Lipinski definition) is 0. The van der Waals surface area contributed by atoms with E-state index in [4.69, 9.17) is 28.8 Å². The summed E-state index contributed by atoms with van der Waals surface area (Å²) in [5, 5.41) is 6.16. The molecule has 0 N–H and O–H groups in total. The number of benzene rings is 7. The van der Waals surface area contributed by atoms with Gasteiger partial charge in [0.1, 0.15) is 16.7 Å². The molecule has 0 bridgehead atoms. The summed E-state index contributed by atoms with van der Waals surface area (Å²) in [5.41, 5.74) is 6.60. The Kier molecular flexibility index (Phi) is 5.77. The Morgan fingerprint density at radius 3 is 1.94 bits per heavy atom. The van der Waals surface area contributed by atoms with E-state index in [0.29, 0.717) is 28.9 Å². The number of para-hydroxylation sites is 1. The lowest BCUT2D eigenvalue weighted by molar-refractivity contribution is 0.623. The topological polar surface area (TPSA) is 77.8 Å². The van der Waals surface area contributed by atoms with Crippen LogP contribution >= 0.6 is 0 Å². The Balaban J connectivity index is 1.26. The molecule has 0 aliphatic heterocycles. The summed E-state index contributed by atoms with van der Waals surface area (Å²) < 4.78 is 12.8. The first-order valence-electron chi connectivity index (χ1n) is 15.8. The van der Waals surface area contributed by atoms with Gasteiger partial charge >= 0.3 is 0 Å². The fourth-order valence-electron chi connectivity index (χ4n) is 6.68. The minimum atomic E-state index is 0.545. The van der Waals surface area contributed by atoms with Crippen molar-refractivity contribution in [3.05, 3.63) is 146 Å². The van der Waals surface area contributed by atoms with Crippen LogP contribution in [-0.2, 0) is 0 Å². The van der Waals surface area contributed by atoms with Crippen molar-refractivity contribution in [3.8, 4) is 45.6 Å². The number of furan rings is 1. The van der Waals surface area contributed by atoms with Gasteiger partial charge in [0.15, 0.2) is 23.1 Å². The zero-order valence-electron chi connectivity index (χ0n) is 25.5. The van der Waals surface area contributed by atoms with E-state index in [1.165, 1.54) is 0 Å². The zero-order chi connectivity index (χ0) is 31.6. The molecule has 0 spiro atoms. The largest absolute Gasteiger partial charge is 0.456 e. The molecule has 0 saturated carbocycles. The lowest BCUT2D eigenvalue weighted by Crippen LogP contribution is -2.01. The molecule has 0 atom stereocenters. The van der Waals surface area contributed by atoms with E-state index in [-0.39, 0.29) is 0 Å². The minimum Gasteiger partial charge on any atom is -0.456 e. The van der Waals surface area contributed by atoms with Crippen molar-refractivity contribution in [2.75, 3.05) is 0 Å². The third-order valence-electron chi connectivity index (χ3n) is 8.95. The molecule has 48 heavy (non-hydrogen) atoms. The van der Waals surface area contributed by atoms with Crippen molar-refractivity contribution in [3.63, 3.8) is 0 Å². The Morgan fingerprint density at radius 2 is 1.06 bits per heavy atom. The van der Waals surface area contributed by atoms with Crippen molar-refractivity contribution >= 4 is 54.6 Å². The standard InChI is InChI=1S/C42H24N4O2/c1-2-11-27(12-3-1)42-43-33-23-22-26-14-8-16-31(36(26)38(33)48-42)40-44-39(29-21-20-25-10-4-5-13-28(25)24-29)45-41(46-40)32-17-9-19-35-37(32)30-15-6-7-18-34(30)47-35/h1-24H. The Morgan fingerprint density at radius 1 is 0.396 bits per heavy atom. The first kappa shape index (κ1) is 26.5. The van der Waals surface area contributed by atoms with Gasteiger partial charge in [0.2, 0.25) is 5.89 Å². The first-order valence-corrected chi connectivity index (χ1v) is 15.8. The van der Waals surface area contributed by atoms with Gasteiger partial charge in [0.25, 0.3) is 0 Å². The SMILES string of the molecule is c1ccc(-c2nc3ccc4cccc(-c5nc(-c6ccc7ccccc7c6)nc(-c6cccc7oc8ccccc8c67)n5)c4c3o2)cc1. The lowest BCUT2D eigenvalue weighted by Gasteiger charge is -2.11. The van der Waals surface area contributed by atoms with Gasteiger partial charge in [-0.25, -0.2) is 19.9 Å². The molecule has 0 saturated heterocycles. The monoisotopic (exact) mass is 616 g/mol. The normalized spacial score (nSPS) is 11.8. The number of nitrogens with zero attached hydrogens (tertiary/aromatic N) is 4. The number of rotatable bonds is 4. The van der Waals surface area contributed by atoms with Crippen molar-refractivity contribution in [1.29, 1.82) is 0 Å². The van der Waals surface area contributed by atoms with E-state index in [2.05, 4.69) is 54.6 Å². The molecule has 0 fully saturated rings. The van der Waals surface area contributed by atoms with Crippen molar-refractivity contribution in [1.82, 2.24) is 19.9 Å². The third-order valence-corrected chi connectivity index (χ3v) is 8.95. The van der Waals surface area contributed by atoms with Crippen LogP contribution in [-0.4, -0.2) is 19.9 Å². The smallest absolute Gasteiger partial charge is 0.227 e. The highest BCUT2D eigenvalue weighted by molar-refractivity contribution is 6.13. The number of aromatic nitrogens is 4. The second kappa shape index (κ2) is 10.4. The maximum absolute atomic E-state index is 6.51. The van der Waals surface area contributed by atoms with Crippen LogP contribution in [0.25, 0.3) is 100 Å². The minimum absolute atomic E-state index is 0.545. The molecule has 0 aliphatic carbocycles. The van der Waals surface area contributed by atoms with Gasteiger partial charge in [-0.1, -0.05) is 109 Å². The predicted octanol–water partition coefficient (Wildman–Crippen LogP) is 10.9. The summed E-state index contributed by atoms with van der Waals surface area (Å²) >= 11 is 0. The molecule has 3 heterocycles. The zero-order valence-corrected chi connectivity index (χ0v) is 25.5. The van der Waals surface area contributed by atoms with Crippen LogP contribution in [0.2, 0.25) is 0 Å². The van der Waals surface area contributed by atoms with Crippen LogP contribution in [0, 0.1) is 0 Å². The number of hydrogen-bond acceptors (Lipinski definition) is 6. The van der Waals surface area contributed by atoms with Gasteiger partial charge < -0.3 is 8.83 Å². The van der Waals surface area contributed by atoms with Crippen molar-refractivity contribution in [2.24, 2.45) is 0 Å². The summed E-state index contributed by atoms with van der Waals surface area (Å²) in [4.78, 5) is 20.3. The molecule has 0 aliphatic rings. The summed E-state index contributed by atoms with van der Waals surface area (Å²) in [6.07, 6.45) is 0. The quantitative estimate of drug-likeness (QED) is 0.196. The van der Waals surface area contributed by atoms with Gasteiger partial charge in [-0.15, -0.1) is 0 Å². The van der Waals surface area contributed by atoms with Gasteiger partial charge in [-0.3, -0.25) is 0 Å². The highest BCUT2D eigenvalue weighted by Crippen LogP contribution is 2.39. The van der Waals surface area contributed by atoms with E-state index >= 15 is 0 Å². The maximum atomic E-state index is 6.51. The van der Waals surface area contributed by atoms with Gasteiger partial charge in [0, 0.05) is 38.4 Å². The molecule has 0 radical (unpaired) electrons. The lowest BCUT2D eigenvalue weighted by atomic mass is 10.0. The predicted molar refractivity (Wildman–Crippen MR) is 191 cm³/mol. The molecule has 6 nitrogen and oxygen atoms in total. The Labute approximate surface area is 274 Å². The fraction of sp³-hybridized carbons (Fsp3) is 0. The van der Waals surface area contributed by atoms with Gasteiger partial charge in [0.05, 0.1) is 0 Å². The number of fused-ring (bicyclic) bond motifs is 7. The van der Waals surface area contributed by atoms with Crippen molar-refractivity contribution in [2.45, 2.75) is 0 Å². The molecule has 6 heteroatoms. The van der Waals surface area contributed by atoms with E-state index in [1.54, 1.807) is 0 Å². The second-order valence-electron chi connectivity index (χ2n) is 11.8. The van der Waals surface area contributed by atoms with Crippen LogP contribution in [0.4, 0.5) is 0 Å². The average Bonchev–Trinajstić information content (AvgIpc) is 3.77. The third kappa shape index (κ3) is 4.20. The van der Waals surface area contributed by atoms with Crippen LogP contribution in [0.15, 0.2) is 154 Å². The molecular formula is C42H24N4O2. The van der Waals surface area contributed by atoms with Crippen LogP contribution in [0.5, 0.6) is 0 Å². The van der Waals surface area contributed by atoms with Crippen LogP contribution in [0.3, 0.4) is 0 Å². The highest BCUT2D eigenvalue weighted by atomic mass is 16.3. The fourth-order valence-corrected chi connectivity index (χ4v) is 6.68. The van der Waals surface area contributed by atoms with E-state index in [1.807, 2.05) is 91.0 Å². The van der Waals surface area contributed by atoms with Gasteiger partial charge in [-0.05, 0) is 52.6 Å². The van der Waals surface area contributed by atoms with Crippen LogP contribution < -0.4 is 0 Å². The Bertz CT molecular complexity index is 2850. The van der Waals surface area contributed by atoms with E-state index in [9.17, 15) is 0 Å². The molecule has 10 aromatic rings. The molecule has 7 aromatic carbocycles. The maximum Gasteiger partial charge on any atom is 0.227 e. The molecule has 3 aromatic heterocycles.